The molecule has 158 valence electrons. The fraction of sp³-hybridized carbons (Fsp3) is 0.273. The summed E-state index contributed by atoms with van der Waals surface area (Å²) in [6, 6.07) is 6.47. The van der Waals surface area contributed by atoms with E-state index < -0.39 is 5.97 Å². The smallest absolute Gasteiger partial charge is 0.337 e. The number of esters is 1. The van der Waals surface area contributed by atoms with Gasteiger partial charge in [-0.2, -0.15) is 0 Å². The monoisotopic (exact) mass is 414 g/mol. The Balaban J connectivity index is 1.97. The Morgan fingerprint density at radius 1 is 0.967 bits per heavy atom. The van der Waals surface area contributed by atoms with Gasteiger partial charge in [0.15, 0.2) is 17.3 Å². The standard InChI is InChI=1S/C22H22O8/c1-12-15(29-20(23)11-25-2)7-6-14-21(24)19(30-22(12)14)9-13-8-17(27-4)18(28-5)10-16(13)26-3/h6-10H,11H2,1-5H3/b19-9-. The molecule has 0 atom stereocenters. The van der Waals surface area contributed by atoms with Crippen LogP contribution in [0.3, 0.4) is 0 Å². The molecule has 1 aliphatic heterocycles. The highest BCUT2D eigenvalue weighted by Crippen LogP contribution is 2.41. The van der Waals surface area contributed by atoms with Crippen LogP contribution >= 0.6 is 0 Å². The zero-order valence-corrected chi connectivity index (χ0v) is 17.4. The Hall–Kier alpha value is -3.52. The Morgan fingerprint density at radius 3 is 2.27 bits per heavy atom. The topological polar surface area (TPSA) is 89.5 Å². The highest BCUT2D eigenvalue weighted by Gasteiger charge is 2.31. The largest absolute Gasteiger partial charge is 0.496 e. The van der Waals surface area contributed by atoms with Gasteiger partial charge in [0.05, 0.1) is 26.9 Å². The molecule has 0 bridgehead atoms. The third-order valence-electron chi connectivity index (χ3n) is 4.55. The number of carbonyl (C=O) groups excluding carboxylic acids is 2. The first kappa shape index (κ1) is 21.2. The lowest BCUT2D eigenvalue weighted by Gasteiger charge is -2.12. The average Bonchev–Trinajstić information content (AvgIpc) is 3.06. The average molecular weight is 414 g/mol. The Kier molecular flexibility index (Phi) is 6.27. The Bertz CT molecular complexity index is 1020. The van der Waals surface area contributed by atoms with Gasteiger partial charge in [-0.25, -0.2) is 4.79 Å². The molecule has 0 aromatic heterocycles. The van der Waals surface area contributed by atoms with Crippen molar-refractivity contribution in [1.29, 1.82) is 0 Å². The van der Waals surface area contributed by atoms with E-state index in [9.17, 15) is 9.59 Å². The van der Waals surface area contributed by atoms with Crippen molar-refractivity contribution in [1.82, 2.24) is 0 Å². The number of methoxy groups -OCH3 is 4. The number of allylic oxidation sites excluding steroid dienone is 1. The molecule has 0 fully saturated rings. The Morgan fingerprint density at radius 2 is 1.63 bits per heavy atom. The summed E-state index contributed by atoms with van der Waals surface area (Å²) in [5.74, 6) is 1.38. The van der Waals surface area contributed by atoms with Crippen LogP contribution in [0.15, 0.2) is 30.0 Å². The number of ketones is 1. The third kappa shape index (κ3) is 3.95. The van der Waals surface area contributed by atoms with Gasteiger partial charge in [-0.15, -0.1) is 0 Å². The van der Waals surface area contributed by atoms with Gasteiger partial charge in [-0.05, 0) is 31.2 Å². The summed E-state index contributed by atoms with van der Waals surface area (Å²) >= 11 is 0. The second-order valence-corrected chi connectivity index (χ2v) is 6.36. The van der Waals surface area contributed by atoms with Gasteiger partial charge < -0.3 is 28.4 Å². The molecule has 0 saturated carbocycles. The summed E-state index contributed by atoms with van der Waals surface area (Å²) < 4.78 is 31.9. The van der Waals surface area contributed by atoms with E-state index >= 15 is 0 Å². The molecule has 2 aromatic carbocycles. The van der Waals surface area contributed by atoms with Crippen molar-refractivity contribution in [3.8, 4) is 28.7 Å². The zero-order valence-electron chi connectivity index (χ0n) is 17.4. The second kappa shape index (κ2) is 8.87. The van der Waals surface area contributed by atoms with Crippen LogP contribution in [0.4, 0.5) is 0 Å². The summed E-state index contributed by atoms with van der Waals surface area (Å²) in [7, 11) is 5.96. The summed E-state index contributed by atoms with van der Waals surface area (Å²) in [5, 5.41) is 0. The lowest BCUT2D eigenvalue weighted by molar-refractivity contribution is -0.138. The highest BCUT2D eigenvalue weighted by molar-refractivity contribution is 6.15. The van der Waals surface area contributed by atoms with Crippen molar-refractivity contribution in [3.63, 3.8) is 0 Å². The lowest BCUT2D eigenvalue weighted by atomic mass is 10.1. The number of fused-ring (bicyclic) bond motifs is 1. The van der Waals surface area contributed by atoms with Crippen molar-refractivity contribution >= 4 is 17.8 Å². The van der Waals surface area contributed by atoms with Gasteiger partial charge in [0.25, 0.3) is 0 Å². The number of ether oxygens (including phenoxy) is 6. The first-order valence-electron chi connectivity index (χ1n) is 9.01. The quantitative estimate of drug-likeness (QED) is 0.388. The van der Waals surface area contributed by atoms with Crippen LogP contribution in [-0.2, 0) is 9.53 Å². The molecule has 2 aromatic rings. The number of Topliss-reactive ketones (excluding diaryl/α,β-unsaturated/α-hetero) is 1. The number of carbonyl (C=O) groups is 2. The molecule has 0 spiro atoms. The molecule has 1 aliphatic rings. The minimum atomic E-state index is -0.546. The molecule has 0 N–H and O–H groups in total. The molecule has 0 saturated heterocycles. The van der Waals surface area contributed by atoms with E-state index in [4.69, 9.17) is 28.4 Å². The normalized spacial score (nSPS) is 13.6. The SMILES string of the molecule is COCC(=O)Oc1ccc2c(c1C)O/C(=C\c1cc(OC)c(OC)cc1OC)C2=O. The van der Waals surface area contributed by atoms with Crippen molar-refractivity contribution in [2.24, 2.45) is 0 Å². The van der Waals surface area contributed by atoms with Crippen LogP contribution in [0.5, 0.6) is 28.7 Å². The zero-order chi connectivity index (χ0) is 21.8. The van der Waals surface area contributed by atoms with E-state index in [0.717, 1.165) is 0 Å². The molecule has 0 radical (unpaired) electrons. The Labute approximate surface area is 173 Å². The summed E-state index contributed by atoms with van der Waals surface area (Å²) in [4.78, 5) is 24.6. The molecule has 30 heavy (non-hydrogen) atoms. The minimum absolute atomic E-state index is 0.110. The van der Waals surface area contributed by atoms with E-state index in [1.807, 2.05) is 0 Å². The summed E-state index contributed by atoms with van der Waals surface area (Å²) in [5.41, 5.74) is 1.49. The van der Waals surface area contributed by atoms with E-state index in [2.05, 4.69) is 0 Å². The van der Waals surface area contributed by atoms with Gasteiger partial charge in [-0.3, -0.25) is 4.79 Å². The fourth-order valence-corrected chi connectivity index (χ4v) is 3.06. The predicted molar refractivity (Wildman–Crippen MR) is 108 cm³/mol. The van der Waals surface area contributed by atoms with E-state index in [1.165, 1.54) is 28.4 Å². The van der Waals surface area contributed by atoms with Crippen molar-refractivity contribution in [3.05, 3.63) is 46.7 Å². The number of hydrogen-bond donors (Lipinski definition) is 0. The van der Waals surface area contributed by atoms with Crippen LogP contribution in [-0.4, -0.2) is 46.8 Å². The molecule has 0 amide bonds. The fourth-order valence-electron chi connectivity index (χ4n) is 3.06. The van der Waals surface area contributed by atoms with Crippen LogP contribution in [0, 0.1) is 6.92 Å². The maximum atomic E-state index is 12.8. The van der Waals surface area contributed by atoms with Gasteiger partial charge in [-0.1, -0.05) is 0 Å². The molecule has 8 heteroatoms. The van der Waals surface area contributed by atoms with Gasteiger partial charge in [0.2, 0.25) is 5.78 Å². The lowest BCUT2D eigenvalue weighted by Crippen LogP contribution is -2.14. The summed E-state index contributed by atoms with van der Waals surface area (Å²) in [6.07, 6.45) is 1.57. The maximum Gasteiger partial charge on any atom is 0.337 e. The maximum absolute atomic E-state index is 12.8. The number of hydrogen-bond acceptors (Lipinski definition) is 8. The number of benzene rings is 2. The van der Waals surface area contributed by atoms with Crippen LogP contribution in [0.2, 0.25) is 0 Å². The van der Waals surface area contributed by atoms with E-state index in [-0.39, 0.29) is 18.1 Å². The molecule has 1 heterocycles. The molecule has 0 aliphatic carbocycles. The molecular formula is C22H22O8. The van der Waals surface area contributed by atoms with Crippen molar-refractivity contribution < 1.29 is 38.0 Å². The third-order valence-corrected chi connectivity index (χ3v) is 4.55. The van der Waals surface area contributed by atoms with Crippen molar-refractivity contribution in [2.45, 2.75) is 6.92 Å². The summed E-state index contributed by atoms with van der Waals surface area (Å²) in [6.45, 7) is 1.53. The van der Waals surface area contributed by atoms with Crippen LogP contribution < -0.4 is 23.7 Å². The van der Waals surface area contributed by atoms with Crippen LogP contribution in [0.25, 0.3) is 6.08 Å². The molecule has 8 nitrogen and oxygen atoms in total. The minimum Gasteiger partial charge on any atom is -0.496 e. The van der Waals surface area contributed by atoms with Crippen LogP contribution in [0.1, 0.15) is 21.5 Å². The number of rotatable bonds is 7. The van der Waals surface area contributed by atoms with Crippen molar-refractivity contribution in [2.75, 3.05) is 35.0 Å². The molecular weight excluding hydrogens is 392 g/mol. The van der Waals surface area contributed by atoms with Gasteiger partial charge in [0, 0.05) is 24.3 Å². The highest BCUT2D eigenvalue weighted by atomic mass is 16.6. The van der Waals surface area contributed by atoms with Gasteiger partial charge >= 0.3 is 5.97 Å². The first-order valence-corrected chi connectivity index (χ1v) is 9.01. The molecule has 3 rings (SSSR count). The predicted octanol–water partition coefficient (Wildman–Crippen LogP) is 3.19. The first-order chi connectivity index (χ1) is 14.4. The van der Waals surface area contributed by atoms with E-state index in [0.29, 0.717) is 45.4 Å². The second-order valence-electron chi connectivity index (χ2n) is 6.36. The van der Waals surface area contributed by atoms with E-state index in [1.54, 1.807) is 37.3 Å². The van der Waals surface area contributed by atoms with Gasteiger partial charge in [0.1, 0.15) is 23.9 Å². The molecule has 0 unspecified atom stereocenters.